The van der Waals surface area contributed by atoms with Crippen molar-refractivity contribution in [3.8, 4) is 11.4 Å². The quantitative estimate of drug-likeness (QED) is 0.191. The first-order chi connectivity index (χ1) is 16.1. The van der Waals surface area contributed by atoms with Gasteiger partial charge in [0.25, 0.3) is 5.69 Å². The predicted octanol–water partition coefficient (Wildman–Crippen LogP) is 3.24. The fraction of sp³-hybridized carbons (Fsp3) is 0.273. The van der Waals surface area contributed by atoms with Gasteiger partial charge in [-0.15, -0.1) is 5.10 Å². The van der Waals surface area contributed by atoms with Crippen LogP contribution >= 0.6 is 11.8 Å². The Kier molecular flexibility index (Phi) is 5.88. The van der Waals surface area contributed by atoms with E-state index in [1.807, 2.05) is 24.3 Å². The van der Waals surface area contributed by atoms with Crippen molar-refractivity contribution in [2.24, 2.45) is 0 Å². The highest BCUT2D eigenvalue weighted by atomic mass is 32.2. The molecule has 5 rings (SSSR count). The largest absolute Gasteiger partial charge is 0.376 e. The van der Waals surface area contributed by atoms with Gasteiger partial charge in [0.1, 0.15) is 0 Å². The molecule has 1 N–H and O–H groups in total. The Morgan fingerprint density at radius 1 is 1.21 bits per heavy atom. The molecule has 1 unspecified atom stereocenters. The summed E-state index contributed by atoms with van der Waals surface area (Å²) in [6.07, 6.45) is 2.08. The van der Waals surface area contributed by atoms with Crippen molar-refractivity contribution in [3.05, 3.63) is 58.6 Å². The summed E-state index contributed by atoms with van der Waals surface area (Å²) in [6, 6.07) is 13.7. The Hall–Kier alpha value is -3.57. The van der Waals surface area contributed by atoms with Crippen LogP contribution in [0.5, 0.6) is 0 Å². The lowest BCUT2D eigenvalue weighted by Crippen LogP contribution is -2.32. The zero-order chi connectivity index (χ0) is 22.8. The maximum Gasteiger partial charge on any atom is 0.269 e. The lowest BCUT2D eigenvalue weighted by atomic mass is 10.2. The van der Waals surface area contributed by atoms with E-state index in [9.17, 15) is 14.9 Å². The number of nitrogens with one attached hydrogen (secondary N) is 1. The van der Waals surface area contributed by atoms with Crippen molar-refractivity contribution < 1.29 is 14.5 Å². The minimum atomic E-state index is -0.447. The van der Waals surface area contributed by atoms with Crippen molar-refractivity contribution >= 4 is 39.9 Å². The molecule has 4 aromatic rings. The molecule has 1 aliphatic rings. The molecular weight excluding hydrogens is 444 g/mol. The second-order valence-corrected chi connectivity index (χ2v) is 8.56. The first-order valence-electron chi connectivity index (χ1n) is 10.5. The monoisotopic (exact) mass is 464 g/mol. The maximum absolute atomic E-state index is 12.4. The Morgan fingerprint density at radius 3 is 2.79 bits per heavy atom. The normalized spacial score (nSPS) is 15.8. The van der Waals surface area contributed by atoms with Crippen LogP contribution in [0.4, 0.5) is 5.69 Å². The number of carbonyl (C=O) groups excluding carboxylic acids is 1. The van der Waals surface area contributed by atoms with Crippen LogP contribution in [0.25, 0.3) is 27.9 Å². The van der Waals surface area contributed by atoms with Crippen molar-refractivity contribution in [2.75, 3.05) is 18.9 Å². The summed E-state index contributed by atoms with van der Waals surface area (Å²) in [5.74, 6) is 0.502. The topological polar surface area (TPSA) is 125 Å². The lowest BCUT2D eigenvalue weighted by Gasteiger charge is -2.10. The number of ether oxygens (including phenoxy) is 1. The summed E-state index contributed by atoms with van der Waals surface area (Å²) >= 11 is 1.28. The van der Waals surface area contributed by atoms with Gasteiger partial charge in [-0.25, -0.2) is 9.97 Å². The molecule has 168 valence electrons. The van der Waals surface area contributed by atoms with Gasteiger partial charge in [0.15, 0.2) is 16.6 Å². The number of nitro groups is 1. The van der Waals surface area contributed by atoms with Crippen molar-refractivity contribution in [1.82, 2.24) is 24.9 Å². The minimum Gasteiger partial charge on any atom is -0.376 e. The van der Waals surface area contributed by atoms with Crippen molar-refractivity contribution in [3.63, 3.8) is 0 Å². The third-order valence-electron chi connectivity index (χ3n) is 5.37. The predicted molar refractivity (Wildman–Crippen MR) is 123 cm³/mol. The molecule has 0 bridgehead atoms. The summed E-state index contributed by atoms with van der Waals surface area (Å²) in [6.45, 7) is 1.26. The number of benzene rings is 2. The molecule has 0 aliphatic carbocycles. The number of hydrogen-bond donors (Lipinski definition) is 1. The number of hydrogen-bond acceptors (Lipinski definition) is 8. The molecule has 2 aromatic heterocycles. The van der Waals surface area contributed by atoms with E-state index < -0.39 is 4.92 Å². The number of carbonyl (C=O) groups is 1. The van der Waals surface area contributed by atoms with E-state index in [1.165, 1.54) is 23.9 Å². The molecule has 3 heterocycles. The molecule has 1 saturated heterocycles. The Bertz CT molecular complexity index is 1330. The van der Waals surface area contributed by atoms with Crippen LogP contribution < -0.4 is 5.32 Å². The molecule has 0 spiro atoms. The molecule has 0 saturated carbocycles. The van der Waals surface area contributed by atoms with Crippen molar-refractivity contribution in [1.29, 1.82) is 0 Å². The zero-order valence-corrected chi connectivity index (χ0v) is 18.3. The van der Waals surface area contributed by atoms with E-state index in [4.69, 9.17) is 4.74 Å². The lowest BCUT2D eigenvalue weighted by molar-refractivity contribution is -0.384. The fourth-order valence-corrected chi connectivity index (χ4v) is 4.47. The van der Waals surface area contributed by atoms with Crippen LogP contribution in [0.3, 0.4) is 0 Å². The standard InChI is InChI=1S/C22H20N6O4S/c29-19(23-12-16-4-3-11-32-16)13-33-22-24-18-6-2-1-5-17(18)21-25-20(26-27(21)22)14-7-9-15(10-8-14)28(30)31/h1-2,5-10,16H,3-4,11-13H2,(H,23,29). The smallest absolute Gasteiger partial charge is 0.269 e. The second kappa shape index (κ2) is 9.12. The summed E-state index contributed by atoms with van der Waals surface area (Å²) in [4.78, 5) is 32.2. The Balaban J connectivity index is 1.43. The average Bonchev–Trinajstić information content (AvgIpc) is 3.52. The molecule has 0 radical (unpaired) electrons. The van der Waals surface area contributed by atoms with Crippen LogP contribution in [-0.4, -0.2) is 55.4 Å². The van der Waals surface area contributed by atoms with E-state index in [0.29, 0.717) is 28.7 Å². The van der Waals surface area contributed by atoms with Gasteiger partial charge in [-0.05, 0) is 37.1 Å². The van der Waals surface area contributed by atoms with Gasteiger partial charge in [-0.1, -0.05) is 23.9 Å². The van der Waals surface area contributed by atoms with Gasteiger partial charge in [0.2, 0.25) is 5.91 Å². The number of thioether (sulfide) groups is 1. The first-order valence-corrected chi connectivity index (χ1v) is 11.5. The minimum absolute atomic E-state index is 0.000100. The molecule has 1 amide bonds. The van der Waals surface area contributed by atoms with Crippen LogP contribution in [0.2, 0.25) is 0 Å². The van der Waals surface area contributed by atoms with Gasteiger partial charge in [0, 0.05) is 36.2 Å². The maximum atomic E-state index is 12.4. The molecule has 2 aromatic carbocycles. The van der Waals surface area contributed by atoms with E-state index in [-0.39, 0.29) is 23.5 Å². The highest BCUT2D eigenvalue weighted by molar-refractivity contribution is 7.99. The van der Waals surface area contributed by atoms with Gasteiger partial charge >= 0.3 is 0 Å². The Labute approximate surface area is 192 Å². The number of nitrogens with zero attached hydrogens (tertiary/aromatic N) is 5. The van der Waals surface area contributed by atoms with Crippen LogP contribution in [0.15, 0.2) is 53.7 Å². The molecule has 1 fully saturated rings. The molecule has 33 heavy (non-hydrogen) atoms. The summed E-state index contributed by atoms with van der Waals surface area (Å²) in [5, 5.41) is 19.8. The van der Waals surface area contributed by atoms with E-state index in [2.05, 4.69) is 20.4 Å². The number of nitro benzene ring substituents is 1. The zero-order valence-electron chi connectivity index (χ0n) is 17.5. The third kappa shape index (κ3) is 4.50. The summed E-state index contributed by atoms with van der Waals surface area (Å²) < 4.78 is 7.17. The molecule has 1 aliphatic heterocycles. The number of non-ortho nitro benzene ring substituents is 1. The van der Waals surface area contributed by atoms with E-state index >= 15 is 0 Å². The summed E-state index contributed by atoms with van der Waals surface area (Å²) in [5.41, 5.74) is 2.00. The first kappa shape index (κ1) is 21.3. The number of para-hydroxylation sites is 1. The number of fused-ring (bicyclic) bond motifs is 3. The summed E-state index contributed by atoms with van der Waals surface area (Å²) in [7, 11) is 0. The van der Waals surface area contributed by atoms with Gasteiger partial charge in [0.05, 0.1) is 22.3 Å². The number of rotatable bonds is 7. The highest BCUT2D eigenvalue weighted by Crippen LogP contribution is 2.27. The van der Waals surface area contributed by atoms with Crippen LogP contribution in [0.1, 0.15) is 12.8 Å². The van der Waals surface area contributed by atoms with Gasteiger partial charge in [-0.3, -0.25) is 14.9 Å². The van der Waals surface area contributed by atoms with Gasteiger partial charge < -0.3 is 10.1 Å². The van der Waals surface area contributed by atoms with E-state index in [0.717, 1.165) is 30.4 Å². The average molecular weight is 465 g/mol. The number of aromatic nitrogens is 4. The molecule has 11 heteroatoms. The molecule has 10 nitrogen and oxygen atoms in total. The van der Waals surface area contributed by atoms with Gasteiger partial charge in [-0.2, -0.15) is 4.52 Å². The van der Waals surface area contributed by atoms with Crippen LogP contribution in [-0.2, 0) is 9.53 Å². The third-order valence-corrected chi connectivity index (χ3v) is 6.30. The van der Waals surface area contributed by atoms with Crippen molar-refractivity contribution in [2.45, 2.75) is 24.1 Å². The van der Waals surface area contributed by atoms with Crippen LogP contribution in [0, 0.1) is 10.1 Å². The molecule has 1 atom stereocenters. The fourth-order valence-electron chi connectivity index (χ4n) is 3.69. The highest BCUT2D eigenvalue weighted by Gasteiger charge is 2.18. The van der Waals surface area contributed by atoms with E-state index in [1.54, 1.807) is 16.6 Å². The SMILES string of the molecule is O=C(CSc1nc2ccccc2c2nc(-c3ccc([N+](=O)[O-])cc3)nn12)NCC1CCCO1. The second-order valence-electron chi connectivity index (χ2n) is 7.61. The Morgan fingerprint density at radius 2 is 2.03 bits per heavy atom. The number of amides is 1. The molecular formula is C22H20N6O4S.